The van der Waals surface area contributed by atoms with Crippen LogP contribution in [0.5, 0.6) is 0 Å². The molecule has 0 bridgehead atoms. The largest absolute Gasteiger partial charge is 0.352 e. The second-order valence-electron chi connectivity index (χ2n) is 6.79. The maximum absolute atomic E-state index is 12.7. The second-order valence-corrected chi connectivity index (χ2v) is 7.96. The predicted molar refractivity (Wildman–Crippen MR) is 104 cm³/mol. The molecule has 1 aromatic carbocycles. The van der Waals surface area contributed by atoms with Gasteiger partial charge in [0, 0.05) is 23.2 Å². The molecular weight excluding hydrogens is 316 g/mol. The average molecular weight is 349 g/mol. The van der Waals surface area contributed by atoms with Gasteiger partial charge in [0.2, 0.25) is 5.91 Å². The van der Waals surface area contributed by atoms with Crippen LogP contribution in [-0.2, 0) is 4.79 Å². The van der Waals surface area contributed by atoms with E-state index in [4.69, 9.17) is 0 Å². The molecule has 1 fully saturated rings. The zero-order valence-corrected chi connectivity index (χ0v) is 16.0. The fourth-order valence-electron chi connectivity index (χ4n) is 3.35. The van der Waals surface area contributed by atoms with Gasteiger partial charge in [-0.1, -0.05) is 50.8 Å². The van der Waals surface area contributed by atoms with Crippen LogP contribution in [0.15, 0.2) is 35.2 Å². The summed E-state index contributed by atoms with van der Waals surface area (Å²) in [7, 11) is 2.09. The second kappa shape index (κ2) is 10.8. The topological polar surface area (TPSA) is 32.3 Å². The van der Waals surface area contributed by atoms with Crippen LogP contribution in [0.3, 0.4) is 0 Å². The van der Waals surface area contributed by atoms with Gasteiger partial charge in [0.15, 0.2) is 0 Å². The number of carbonyl (C=O) groups excluding carboxylic acids is 1. The number of nitrogens with zero attached hydrogens (tertiary/aromatic N) is 1. The van der Waals surface area contributed by atoms with Gasteiger partial charge >= 0.3 is 0 Å². The van der Waals surface area contributed by atoms with E-state index in [-0.39, 0.29) is 11.9 Å². The van der Waals surface area contributed by atoms with Crippen LogP contribution in [0.25, 0.3) is 0 Å². The predicted octanol–water partition coefficient (Wildman–Crippen LogP) is 4.33. The molecule has 24 heavy (non-hydrogen) atoms. The van der Waals surface area contributed by atoms with E-state index in [0.717, 1.165) is 38.0 Å². The lowest BCUT2D eigenvalue weighted by molar-refractivity contribution is -0.127. The van der Waals surface area contributed by atoms with E-state index in [2.05, 4.69) is 48.5 Å². The van der Waals surface area contributed by atoms with Crippen molar-refractivity contribution < 1.29 is 4.79 Å². The highest BCUT2D eigenvalue weighted by Crippen LogP contribution is 2.19. The molecular formula is C20H32N2OS. The Hall–Kier alpha value is -1.00. The molecule has 0 radical (unpaired) electrons. The van der Waals surface area contributed by atoms with Crippen molar-refractivity contribution >= 4 is 17.7 Å². The lowest BCUT2D eigenvalue weighted by atomic mass is 9.95. The normalized spacial score (nSPS) is 17.0. The number of nitrogens with one attached hydrogen (secondary N) is 1. The maximum Gasteiger partial charge on any atom is 0.237 e. The fraction of sp³-hybridized carbons (Fsp3) is 0.650. The number of benzene rings is 1. The van der Waals surface area contributed by atoms with E-state index < -0.39 is 0 Å². The molecule has 1 saturated carbocycles. The third-order valence-corrected chi connectivity index (χ3v) is 5.80. The minimum atomic E-state index is 0.00769. The van der Waals surface area contributed by atoms with Gasteiger partial charge in [-0.3, -0.25) is 9.69 Å². The molecule has 1 atom stereocenters. The lowest BCUT2D eigenvalue weighted by Crippen LogP contribution is -2.49. The Labute approximate surface area is 151 Å². The van der Waals surface area contributed by atoms with Crippen molar-refractivity contribution in [3.05, 3.63) is 30.3 Å². The Bertz CT molecular complexity index is 474. The highest BCUT2D eigenvalue weighted by atomic mass is 32.2. The summed E-state index contributed by atoms with van der Waals surface area (Å²) in [5.74, 6) is 1.24. The van der Waals surface area contributed by atoms with Gasteiger partial charge < -0.3 is 5.32 Å². The SMILES string of the molecule is CCCC(C(=O)NC1CCCCC1)N(C)CCSc1ccccc1. The Morgan fingerprint density at radius 1 is 1.25 bits per heavy atom. The van der Waals surface area contributed by atoms with Crippen LogP contribution >= 0.6 is 11.8 Å². The molecule has 1 aromatic rings. The molecule has 1 aliphatic rings. The summed E-state index contributed by atoms with van der Waals surface area (Å²) < 4.78 is 0. The fourth-order valence-corrected chi connectivity index (χ4v) is 4.31. The number of carbonyl (C=O) groups is 1. The summed E-state index contributed by atoms with van der Waals surface area (Å²) >= 11 is 1.86. The first-order valence-corrected chi connectivity index (χ1v) is 10.4. The molecule has 0 aromatic heterocycles. The van der Waals surface area contributed by atoms with E-state index >= 15 is 0 Å². The number of thioether (sulfide) groups is 1. The lowest BCUT2D eigenvalue weighted by Gasteiger charge is -2.30. The Kier molecular flexibility index (Phi) is 8.68. The molecule has 1 aliphatic carbocycles. The molecule has 1 N–H and O–H groups in total. The summed E-state index contributed by atoms with van der Waals surface area (Å²) in [6.07, 6.45) is 8.11. The first-order chi connectivity index (χ1) is 11.7. The van der Waals surface area contributed by atoms with E-state index in [1.807, 2.05) is 17.8 Å². The van der Waals surface area contributed by atoms with Gasteiger partial charge in [-0.15, -0.1) is 11.8 Å². The minimum absolute atomic E-state index is 0.00769. The molecule has 3 nitrogen and oxygen atoms in total. The molecule has 1 amide bonds. The highest BCUT2D eigenvalue weighted by Gasteiger charge is 2.25. The smallest absolute Gasteiger partial charge is 0.237 e. The van der Waals surface area contributed by atoms with Crippen molar-refractivity contribution in [2.45, 2.75) is 68.8 Å². The Morgan fingerprint density at radius 2 is 1.96 bits per heavy atom. The van der Waals surface area contributed by atoms with Crippen molar-refractivity contribution in [2.75, 3.05) is 19.3 Å². The number of rotatable bonds is 9. The number of hydrogen-bond acceptors (Lipinski definition) is 3. The molecule has 0 aliphatic heterocycles. The van der Waals surface area contributed by atoms with Gasteiger partial charge in [-0.05, 0) is 38.4 Å². The van der Waals surface area contributed by atoms with Crippen molar-refractivity contribution in [1.29, 1.82) is 0 Å². The standard InChI is InChI=1S/C20H32N2OS/c1-3-10-19(20(23)21-17-11-6-4-7-12-17)22(2)15-16-24-18-13-8-5-9-14-18/h5,8-9,13-14,17,19H,3-4,6-7,10-12,15-16H2,1-2H3,(H,21,23). The number of likely N-dealkylation sites (N-methyl/N-ethyl adjacent to an activating group) is 1. The highest BCUT2D eigenvalue weighted by molar-refractivity contribution is 7.99. The molecule has 1 unspecified atom stereocenters. The average Bonchev–Trinajstić information content (AvgIpc) is 2.61. The van der Waals surface area contributed by atoms with Crippen LogP contribution in [-0.4, -0.2) is 42.2 Å². The van der Waals surface area contributed by atoms with Crippen LogP contribution in [0, 0.1) is 0 Å². The van der Waals surface area contributed by atoms with Gasteiger partial charge in [-0.2, -0.15) is 0 Å². The number of hydrogen-bond donors (Lipinski definition) is 1. The minimum Gasteiger partial charge on any atom is -0.352 e. The van der Waals surface area contributed by atoms with E-state index in [9.17, 15) is 4.79 Å². The van der Waals surface area contributed by atoms with Crippen LogP contribution in [0.4, 0.5) is 0 Å². The monoisotopic (exact) mass is 348 g/mol. The van der Waals surface area contributed by atoms with Crippen LogP contribution < -0.4 is 5.32 Å². The molecule has 134 valence electrons. The van der Waals surface area contributed by atoms with Gasteiger partial charge in [-0.25, -0.2) is 0 Å². The third kappa shape index (κ3) is 6.48. The van der Waals surface area contributed by atoms with Gasteiger partial charge in [0.25, 0.3) is 0 Å². The number of amides is 1. The summed E-state index contributed by atoms with van der Waals surface area (Å²) in [5.41, 5.74) is 0. The van der Waals surface area contributed by atoms with Crippen LogP contribution in [0.2, 0.25) is 0 Å². The first kappa shape index (κ1) is 19.3. The Morgan fingerprint density at radius 3 is 2.62 bits per heavy atom. The van der Waals surface area contributed by atoms with E-state index in [1.165, 1.54) is 24.2 Å². The summed E-state index contributed by atoms with van der Waals surface area (Å²) in [5, 5.41) is 3.31. The zero-order valence-electron chi connectivity index (χ0n) is 15.2. The summed E-state index contributed by atoms with van der Waals surface area (Å²) in [6, 6.07) is 10.9. The summed E-state index contributed by atoms with van der Waals surface area (Å²) in [6.45, 7) is 3.09. The quantitative estimate of drug-likeness (QED) is 0.674. The van der Waals surface area contributed by atoms with E-state index in [0.29, 0.717) is 6.04 Å². The summed E-state index contributed by atoms with van der Waals surface area (Å²) in [4.78, 5) is 16.2. The van der Waals surface area contributed by atoms with E-state index in [1.54, 1.807) is 0 Å². The molecule has 4 heteroatoms. The third-order valence-electron chi connectivity index (χ3n) is 4.80. The molecule has 0 spiro atoms. The van der Waals surface area contributed by atoms with Crippen LogP contribution in [0.1, 0.15) is 51.9 Å². The van der Waals surface area contributed by atoms with Gasteiger partial charge in [0.05, 0.1) is 6.04 Å². The van der Waals surface area contributed by atoms with Crippen molar-refractivity contribution in [2.24, 2.45) is 0 Å². The first-order valence-electron chi connectivity index (χ1n) is 9.39. The van der Waals surface area contributed by atoms with Crippen molar-refractivity contribution in [3.8, 4) is 0 Å². The molecule has 0 heterocycles. The zero-order chi connectivity index (χ0) is 17.2. The van der Waals surface area contributed by atoms with Crippen molar-refractivity contribution in [3.63, 3.8) is 0 Å². The molecule has 2 rings (SSSR count). The maximum atomic E-state index is 12.7. The van der Waals surface area contributed by atoms with Crippen molar-refractivity contribution in [1.82, 2.24) is 10.2 Å². The Balaban J connectivity index is 1.79. The van der Waals surface area contributed by atoms with Gasteiger partial charge in [0.1, 0.15) is 0 Å². The molecule has 0 saturated heterocycles.